The van der Waals surface area contributed by atoms with Gasteiger partial charge in [-0.2, -0.15) is 0 Å². The molecular formula is C13H28N2OS. The fraction of sp³-hybridized carbons (Fsp3) is 1.00. The maximum Gasteiger partial charge on any atom is 0.0249 e. The first-order valence-corrected chi connectivity index (χ1v) is 8.33. The second kappa shape index (κ2) is 7.49. The normalized spacial score (nSPS) is 26.1. The van der Waals surface area contributed by atoms with Gasteiger partial charge in [-0.25, -0.2) is 0 Å². The van der Waals surface area contributed by atoms with E-state index in [1.54, 1.807) is 0 Å². The quantitative estimate of drug-likeness (QED) is 0.787. The first-order valence-electron chi connectivity index (χ1n) is 6.84. The largest absolute Gasteiger partial charge is 0.313 e. The van der Waals surface area contributed by atoms with Gasteiger partial charge >= 0.3 is 0 Å². The van der Waals surface area contributed by atoms with E-state index in [9.17, 15) is 4.21 Å². The lowest BCUT2D eigenvalue weighted by Crippen LogP contribution is -2.44. The highest BCUT2D eigenvalue weighted by Gasteiger charge is 2.18. The van der Waals surface area contributed by atoms with Crippen LogP contribution in [0.1, 0.15) is 40.5 Å². The van der Waals surface area contributed by atoms with E-state index in [-0.39, 0.29) is 0 Å². The molecule has 1 rings (SSSR count). The van der Waals surface area contributed by atoms with Crippen LogP contribution in [0.25, 0.3) is 0 Å². The van der Waals surface area contributed by atoms with Crippen molar-refractivity contribution in [2.24, 2.45) is 0 Å². The average Bonchev–Trinajstić information content (AvgIpc) is 2.25. The van der Waals surface area contributed by atoms with Crippen molar-refractivity contribution in [2.75, 3.05) is 24.6 Å². The molecule has 0 aromatic rings. The van der Waals surface area contributed by atoms with E-state index >= 15 is 0 Å². The highest BCUT2D eigenvalue weighted by Crippen LogP contribution is 2.09. The van der Waals surface area contributed by atoms with Gasteiger partial charge in [-0.1, -0.05) is 0 Å². The van der Waals surface area contributed by atoms with Crippen molar-refractivity contribution >= 4 is 10.8 Å². The minimum Gasteiger partial charge on any atom is -0.313 e. The summed E-state index contributed by atoms with van der Waals surface area (Å²) in [6.45, 7) is 11.2. The van der Waals surface area contributed by atoms with Crippen LogP contribution >= 0.6 is 0 Å². The summed E-state index contributed by atoms with van der Waals surface area (Å²) in [7, 11) is -0.540. The molecule has 0 aromatic carbocycles. The molecule has 0 atom stereocenters. The summed E-state index contributed by atoms with van der Waals surface area (Å²) in [5.74, 6) is 1.77. The van der Waals surface area contributed by atoms with Gasteiger partial charge in [-0.05, 0) is 40.5 Å². The van der Waals surface area contributed by atoms with Crippen LogP contribution in [0.2, 0.25) is 0 Å². The third-order valence-corrected chi connectivity index (χ3v) is 4.90. The Morgan fingerprint density at radius 3 is 2.18 bits per heavy atom. The van der Waals surface area contributed by atoms with Gasteiger partial charge in [0.1, 0.15) is 0 Å². The van der Waals surface area contributed by atoms with Gasteiger partial charge < -0.3 is 5.32 Å². The molecule has 0 bridgehead atoms. The smallest absolute Gasteiger partial charge is 0.0249 e. The van der Waals surface area contributed by atoms with Crippen molar-refractivity contribution in [3.8, 4) is 0 Å². The minimum absolute atomic E-state index is 0.540. The molecule has 17 heavy (non-hydrogen) atoms. The van der Waals surface area contributed by atoms with Gasteiger partial charge in [0.2, 0.25) is 0 Å². The molecule has 0 radical (unpaired) electrons. The van der Waals surface area contributed by atoms with Crippen LogP contribution in [-0.4, -0.2) is 51.8 Å². The first kappa shape index (κ1) is 15.1. The second-order valence-electron chi connectivity index (χ2n) is 5.50. The van der Waals surface area contributed by atoms with Gasteiger partial charge in [0.15, 0.2) is 0 Å². The molecule has 1 heterocycles. The molecule has 4 heteroatoms. The summed E-state index contributed by atoms with van der Waals surface area (Å²) >= 11 is 0. The maximum absolute atomic E-state index is 11.2. The van der Waals surface area contributed by atoms with Crippen LogP contribution in [0.5, 0.6) is 0 Å². The summed E-state index contributed by atoms with van der Waals surface area (Å²) < 4.78 is 11.2. The Morgan fingerprint density at radius 1 is 1.18 bits per heavy atom. The standard InChI is InChI=1S/C13H28N2OS/c1-11(2)15(12(3)4)8-7-14-13-5-9-17(16)10-6-13/h11-14H,5-10H2,1-4H3. The predicted octanol–water partition coefficient (Wildman–Crippen LogP) is 1.61. The van der Waals surface area contributed by atoms with Crippen molar-refractivity contribution in [2.45, 2.75) is 58.7 Å². The molecule has 1 aliphatic rings. The summed E-state index contributed by atoms with van der Waals surface area (Å²) in [6, 6.07) is 1.81. The molecule has 0 saturated carbocycles. The molecule has 102 valence electrons. The van der Waals surface area contributed by atoms with Gasteiger partial charge in [-0.15, -0.1) is 0 Å². The second-order valence-corrected chi connectivity index (χ2v) is 7.20. The van der Waals surface area contributed by atoms with Gasteiger partial charge in [0.05, 0.1) is 0 Å². The Labute approximate surface area is 109 Å². The van der Waals surface area contributed by atoms with Crippen LogP contribution < -0.4 is 5.32 Å². The topological polar surface area (TPSA) is 32.3 Å². The molecular weight excluding hydrogens is 232 g/mol. The van der Waals surface area contributed by atoms with Gasteiger partial charge in [0.25, 0.3) is 0 Å². The van der Waals surface area contributed by atoms with Crippen molar-refractivity contribution in [3.63, 3.8) is 0 Å². The first-order chi connectivity index (χ1) is 8.00. The van der Waals surface area contributed by atoms with Crippen molar-refractivity contribution < 1.29 is 4.21 Å². The monoisotopic (exact) mass is 260 g/mol. The summed E-state index contributed by atoms with van der Waals surface area (Å²) in [4.78, 5) is 2.51. The molecule has 3 nitrogen and oxygen atoms in total. The van der Waals surface area contributed by atoms with Gasteiger partial charge in [-0.3, -0.25) is 9.11 Å². The lowest BCUT2D eigenvalue weighted by atomic mass is 10.1. The fourth-order valence-corrected chi connectivity index (χ4v) is 3.81. The molecule has 1 saturated heterocycles. The van der Waals surface area contributed by atoms with E-state index in [1.165, 1.54) is 0 Å². The maximum atomic E-state index is 11.2. The Balaban J connectivity index is 2.20. The number of hydrogen-bond acceptors (Lipinski definition) is 3. The minimum atomic E-state index is -0.540. The van der Waals surface area contributed by atoms with Crippen LogP contribution in [0.4, 0.5) is 0 Å². The molecule has 0 spiro atoms. The molecule has 1 aliphatic heterocycles. The SMILES string of the molecule is CC(C)N(CCNC1CCS(=O)CC1)C(C)C. The highest BCUT2D eigenvalue weighted by atomic mass is 32.2. The summed E-state index contributed by atoms with van der Waals surface area (Å²) in [5.41, 5.74) is 0. The third kappa shape index (κ3) is 5.49. The third-order valence-electron chi connectivity index (χ3n) is 3.52. The summed E-state index contributed by atoms with van der Waals surface area (Å²) in [5, 5.41) is 3.61. The Hall–Kier alpha value is 0.0700. The van der Waals surface area contributed by atoms with Crippen LogP contribution in [0.3, 0.4) is 0 Å². The number of rotatable bonds is 6. The Morgan fingerprint density at radius 2 is 1.71 bits per heavy atom. The fourth-order valence-electron chi connectivity index (χ4n) is 2.51. The van der Waals surface area contributed by atoms with E-state index < -0.39 is 10.8 Å². The molecule has 0 aliphatic carbocycles. The molecule has 1 N–H and O–H groups in total. The molecule has 0 aromatic heterocycles. The molecule has 1 fully saturated rings. The lowest BCUT2D eigenvalue weighted by Gasteiger charge is -2.31. The molecule has 0 amide bonds. The van der Waals surface area contributed by atoms with E-state index in [1.807, 2.05) is 0 Å². The average molecular weight is 260 g/mol. The van der Waals surface area contributed by atoms with E-state index in [0.29, 0.717) is 18.1 Å². The van der Waals surface area contributed by atoms with Crippen LogP contribution in [-0.2, 0) is 10.8 Å². The zero-order valence-electron chi connectivity index (χ0n) is 11.7. The number of nitrogens with one attached hydrogen (secondary N) is 1. The Kier molecular flexibility index (Phi) is 6.67. The lowest BCUT2D eigenvalue weighted by molar-refractivity contribution is 0.173. The summed E-state index contributed by atoms with van der Waals surface area (Å²) in [6.07, 6.45) is 2.16. The zero-order chi connectivity index (χ0) is 12.8. The number of hydrogen-bond donors (Lipinski definition) is 1. The van der Waals surface area contributed by atoms with E-state index in [0.717, 1.165) is 37.4 Å². The highest BCUT2D eigenvalue weighted by molar-refractivity contribution is 7.85. The van der Waals surface area contributed by atoms with E-state index in [4.69, 9.17) is 0 Å². The van der Waals surface area contributed by atoms with Crippen molar-refractivity contribution in [3.05, 3.63) is 0 Å². The van der Waals surface area contributed by atoms with Crippen LogP contribution in [0.15, 0.2) is 0 Å². The number of nitrogens with zero attached hydrogens (tertiary/aromatic N) is 1. The zero-order valence-corrected chi connectivity index (χ0v) is 12.6. The molecule has 0 unspecified atom stereocenters. The van der Waals surface area contributed by atoms with Gasteiger partial charge in [0, 0.05) is 53.5 Å². The van der Waals surface area contributed by atoms with Crippen molar-refractivity contribution in [1.29, 1.82) is 0 Å². The van der Waals surface area contributed by atoms with Crippen LogP contribution in [0, 0.1) is 0 Å². The Bertz CT molecular complexity index is 226. The predicted molar refractivity (Wildman–Crippen MR) is 75.9 cm³/mol. The van der Waals surface area contributed by atoms with E-state index in [2.05, 4.69) is 37.9 Å². The van der Waals surface area contributed by atoms with Crippen molar-refractivity contribution in [1.82, 2.24) is 10.2 Å².